The van der Waals surface area contributed by atoms with Gasteiger partial charge < -0.3 is 14.3 Å². The van der Waals surface area contributed by atoms with Gasteiger partial charge in [-0.25, -0.2) is 0 Å². The van der Waals surface area contributed by atoms with Gasteiger partial charge in [-0.3, -0.25) is 0 Å². The number of hydrogen-bond donors (Lipinski definition) is 1. The molecule has 1 aromatic rings. The van der Waals surface area contributed by atoms with Gasteiger partial charge in [-0.15, -0.1) is 0 Å². The third-order valence-corrected chi connectivity index (χ3v) is 5.19. The van der Waals surface area contributed by atoms with Crippen LogP contribution < -0.4 is 0 Å². The predicted octanol–water partition coefficient (Wildman–Crippen LogP) is 4.43. The van der Waals surface area contributed by atoms with Crippen molar-refractivity contribution in [2.45, 2.75) is 51.4 Å². The molecule has 0 bridgehead atoms. The van der Waals surface area contributed by atoms with Crippen molar-refractivity contribution in [1.82, 2.24) is 0 Å². The second-order valence-corrected chi connectivity index (χ2v) is 7.57. The minimum absolute atomic E-state index is 0.0115. The Balaban J connectivity index is 2.26. The highest BCUT2D eigenvalue weighted by Crippen LogP contribution is 2.48. The van der Waals surface area contributed by atoms with Gasteiger partial charge >= 0.3 is 0 Å². The monoisotopic (exact) mass is 380 g/mol. The molecule has 2 atom stereocenters. The molecule has 1 saturated heterocycles. The summed E-state index contributed by atoms with van der Waals surface area (Å²) in [6.07, 6.45) is 0.140. The summed E-state index contributed by atoms with van der Waals surface area (Å²) in [4.78, 5) is 0. The van der Waals surface area contributed by atoms with Gasteiger partial charge in [0.2, 0.25) is 0 Å². The number of rotatable bonds is 2. The maximum Gasteiger partial charge on any atom is 0.183 e. The van der Waals surface area contributed by atoms with Crippen LogP contribution in [0.5, 0.6) is 0 Å². The Kier molecular flexibility index (Phi) is 3.74. The van der Waals surface area contributed by atoms with Gasteiger partial charge in [0.1, 0.15) is 11.9 Å². The molecule has 5 heteroatoms. The molecular formula is C13H18Br2O3. The molecule has 2 rings (SSSR count). The van der Waals surface area contributed by atoms with Crippen LogP contribution in [-0.2, 0) is 4.74 Å². The molecular weight excluding hydrogens is 364 g/mol. The zero-order valence-electron chi connectivity index (χ0n) is 11.0. The topological polar surface area (TPSA) is 42.6 Å². The maximum absolute atomic E-state index is 10.5. The van der Waals surface area contributed by atoms with Crippen LogP contribution in [-0.4, -0.2) is 16.3 Å². The Morgan fingerprint density at radius 1 is 1.33 bits per heavy atom. The number of aliphatic hydroxyl groups excluding tert-OH is 1. The average Bonchev–Trinajstić information content (AvgIpc) is 2.63. The number of ether oxygens (including phenoxy) is 1. The Morgan fingerprint density at radius 3 is 2.33 bits per heavy atom. The quantitative estimate of drug-likeness (QED) is 0.823. The van der Waals surface area contributed by atoms with Crippen LogP contribution in [0.25, 0.3) is 0 Å². The smallest absolute Gasteiger partial charge is 0.183 e. The van der Waals surface area contributed by atoms with Crippen LogP contribution in [0.2, 0.25) is 0 Å². The van der Waals surface area contributed by atoms with Gasteiger partial charge in [0, 0.05) is 5.92 Å². The fourth-order valence-corrected chi connectivity index (χ4v) is 3.41. The van der Waals surface area contributed by atoms with E-state index in [2.05, 4.69) is 45.7 Å². The van der Waals surface area contributed by atoms with E-state index in [9.17, 15) is 5.11 Å². The van der Waals surface area contributed by atoms with Crippen LogP contribution in [0.1, 0.15) is 46.0 Å². The molecule has 1 aromatic heterocycles. The minimum Gasteiger partial charge on any atom is -0.450 e. The second-order valence-electron chi connectivity index (χ2n) is 5.99. The number of halogens is 2. The first-order valence-electron chi connectivity index (χ1n) is 5.95. The Hall–Kier alpha value is 0.160. The van der Waals surface area contributed by atoms with Crippen molar-refractivity contribution in [1.29, 1.82) is 0 Å². The largest absolute Gasteiger partial charge is 0.450 e. The summed E-state index contributed by atoms with van der Waals surface area (Å²) in [6.45, 7) is 8.14. The molecule has 0 saturated carbocycles. The van der Waals surface area contributed by atoms with E-state index < -0.39 is 6.10 Å². The summed E-state index contributed by atoms with van der Waals surface area (Å²) >= 11 is 6.65. The number of aliphatic hydroxyl groups is 1. The molecule has 0 radical (unpaired) electrons. The lowest BCUT2D eigenvalue weighted by molar-refractivity contribution is -0.0899. The van der Waals surface area contributed by atoms with Gasteiger partial charge in [-0.2, -0.15) is 0 Å². The molecule has 0 aromatic carbocycles. The summed E-state index contributed by atoms with van der Waals surface area (Å²) in [5.41, 5.74) is -0.579. The average molecular weight is 382 g/mol. The van der Waals surface area contributed by atoms with E-state index in [1.165, 1.54) is 0 Å². The molecule has 1 aliphatic rings. The van der Waals surface area contributed by atoms with E-state index in [1.54, 1.807) is 6.07 Å². The molecule has 0 amide bonds. The fraction of sp³-hybridized carbons (Fsp3) is 0.692. The summed E-state index contributed by atoms with van der Waals surface area (Å²) < 4.78 is 12.9. The fourth-order valence-electron chi connectivity index (χ4n) is 2.80. The van der Waals surface area contributed by atoms with Gasteiger partial charge in [-0.05, 0) is 72.0 Å². The lowest BCUT2D eigenvalue weighted by atomic mass is 9.82. The van der Waals surface area contributed by atoms with Gasteiger partial charge in [-0.1, -0.05) is 0 Å². The minimum atomic E-state index is -0.663. The number of furan rings is 1. The molecule has 18 heavy (non-hydrogen) atoms. The molecule has 1 fully saturated rings. The highest BCUT2D eigenvalue weighted by atomic mass is 79.9. The molecule has 1 aliphatic heterocycles. The summed E-state index contributed by atoms with van der Waals surface area (Å²) in [5.74, 6) is 0.575. The lowest BCUT2D eigenvalue weighted by Gasteiger charge is -2.29. The summed E-state index contributed by atoms with van der Waals surface area (Å²) in [7, 11) is 0. The van der Waals surface area contributed by atoms with Crippen molar-refractivity contribution in [2.24, 2.45) is 5.92 Å². The first-order valence-corrected chi connectivity index (χ1v) is 7.54. The van der Waals surface area contributed by atoms with Gasteiger partial charge in [0.15, 0.2) is 4.67 Å². The van der Waals surface area contributed by atoms with E-state index in [4.69, 9.17) is 9.15 Å². The van der Waals surface area contributed by atoms with E-state index in [0.717, 1.165) is 10.9 Å². The lowest BCUT2D eigenvalue weighted by Crippen LogP contribution is -2.32. The molecule has 2 unspecified atom stereocenters. The van der Waals surface area contributed by atoms with Crippen molar-refractivity contribution in [2.75, 3.05) is 0 Å². The van der Waals surface area contributed by atoms with Crippen molar-refractivity contribution < 1.29 is 14.3 Å². The van der Waals surface area contributed by atoms with Crippen molar-refractivity contribution >= 4 is 31.9 Å². The molecule has 1 N–H and O–H groups in total. The highest BCUT2D eigenvalue weighted by molar-refractivity contribution is 9.13. The highest BCUT2D eigenvalue weighted by Gasteiger charge is 2.49. The van der Waals surface area contributed by atoms with Crippen molar-refractivity contribution in [3.8, 4) is 0 Å². The zero-order chi connectivity index (χ0) is 13.7. The van der Waals surface area contributed by atoms with Gasteiger partial charge in [0.25, 0.3) is 0 Å². The van der Waals surface area contributed by atoms with Crippen LogP contribution in [0.15, 0.2) is 19.6 Å². The summed E-state index contributed by atoms with van der Waals surface area (Å²) in [6, 6.07) is 1.80. The first kappa shape index (κ1) is 14.6. The van der Waals surface area contributed by atoms with Gasteiger partial charge in [0.05, 0.1) is 15.7 Å². The molecule has 0 spiro atoms. The second kappa shape index (κ2) is 4.62. The maximum atomic E-state index is 10.5. The molecule has 0 aliphatic carbocycles. The molecule has 2 heterocycles. The van der Waals surface area contributed by atoms with E-state index in [-0.39, 0.29) is 17.1 Å². The van der Waals surface area contributed by atoms with Crippen molar-refractivity contribution in [3.05, 3.63) is 21.0 Å². The number of hydrogen-bond acceptors (Lipinski definition) is 3. The van der Waals surface area contributed by atoms with Crippen LogP contribution in [0, 0.1) is 5.92 Å². The zero-order valence-corrected chi connectivity index (χ0v) is 14.1. The normalized spacial score (nSPS) is 27.4. The third kappa shape index (κ3) is 2.69. The Bertz CT molecular complexity index is 432. The third-order valence-electron chi connectivity index (χ3n) is 3.48. The molecule has 102 valence electrons. The van der Waals surface area contributed by atoms with Crippen LogP contribution in [0.4, 0.5) is 0 Å². The van der Waals surface area contributed by atoms with E-state index in [1.807, 2.05) is 13.8 Å². The Morgan fingerprint density at radius 2 is 1.94 bits per heavy atom. The van der Waals surface area contributed by atoms with Crippen molar-refractivity contribution in [3.63, 3.8) is 0 Å². The van der Waals surface area contributed by atoms with Crippen LogP contribution in [0.3, 0.4) is 0 Å². The standard InChI is InChI=1S/C13H18Br2O3/c1-12(2)6-7(13(3,4)18-12)10(16)9-5-8(14)11(15)17-9/h5,7,10,16H,6H2,1-4H3. The predicted molar refractivity (Wildman–Crippen MR) is 76.4 cm³/mol. The van der Waals surface area contributed by atoms with Crippen LogP contribution >= 0.6 is 31.9 Å². The SMILES string of the molecule is CC1(C)CC(C(O)c2cc(Br)c(Br)o2)C(C)(C)O1. The molecule has 3 nitrogen and oxygen atoms in total. The van der Waals surface area contributed by atoms with E-state index in [0.29, 0.717) is 10.4 Å². The first-order chi connectivity index (χ1) is 8.12. The Labute approximate surface area is 124 Å². The van der Waals surface area contributed by atoms with E-state index >= 15 is 0 Å². The summed E-state index contributed by atoms with van der Waals surface area (Å²) in [5, 5.41) is 10.5.